The summed E-state index contributed by atoms with van der Waals surface area (Å²) in [6, 6.07) is 4.99. The van der Waals surface area contributed by atoms with Crippen LogP contribution in [-0.2, 0) is 0 Å². The normalized spacial score (nSPS) is 11.4. The molecule has 0 amide bonds. The lowest BCUT2D eigenvalue weighted by Crippen LogP contribution is -2.17. The molecule has 0 aliphatic heterocycles. The Bertz CT molecular complexity index is 697. The van der Waals surface area contributed by atoms with E-state index in [4.69, 9.17) is 0 Å². The summed E-state index contributed by atoms with van der Waals surface area (Å²) in [5, 5.41) is 9.32. The lowest BCUT2D eigenvalue weighted by molar-refractivity contribution is -0.274. The number of hydrogen-bond donors (Lipinski definition) is 1. The highest BCUT2D eigenvalue weighted by atomic mass is 79.9. The van der Waals surface area contributed by atoms with Crippen LogP contribution in [0.15, 0.2) is 45.9 Å². The summed E-state index contributed by atoms with van der Waals surface area (Å²) >= 11 is 2.97. The van der Waals surface area contributed by atoms with Crippen molar-refractivity contribution in [3.8, 4) is 17.2 Å². The predicted octanol–water partition coefficient (Wildman–Crippen LogP) is 3.20. The van der Waals surface area contributed by atoms with E-state index in [1.807, 2.05) is 0 Å². The van der Waals surface area contributed by atoms with Gasteiger partial charge < -0.3 is 14.4 Å². The second-order valence-corrected chi connectivity index (χ2v) is 4.62. The summed E-state index contributed by atoms with van der Waals surface area (Å²) in [6.45, 7) is 0. The molecule has 0 saturated carbocycles. The smallest absolute Gasteiger partial charge is 0.503 e. The molecule has 106 valence electrons. The molecular formula is C12H7BrF3NO3. The Labute approximate surface area is 119 Å². The third-order valence-corrected chi connectivity index (χ3v) is 2.96. The number of halogens is 4. The Hall–Kier alpha value is -1.96. The quantitative estimate of drug-likeness (QED) is 0.905. The first-order valence-electron chi connectivity index (χ1n) is 5.23. The van der Waals surface area contributed by atoms with Crippen LogP contribution in [0.5, 0.6) is 11.5 Å². The van der Waals surface area contributed by atoms with Gasteiger partial charge in [-0.3, -0.25) is 4.79 Å². The summed E-state index contributed by atoms with van der Waals surface area (Å²) < 4.78 is 41.7. The van der Waals surface area contributed by atoms with Gasteiger partial charge in [0.1, 0.15) is 5.75 Å². The minimum atomic E-state index is -4.78. The van der Waals surface area contributed by atoms with E-state index >= 15 is 0 Å². The number of ether oxygens (including phenoxy) is 1. The predicted molar refractivity (Wildman–Crippen MR) is 68.1 cm³/mol. The molecule has 0 atom stereocenters. The molecule has 1 heterocycles. The molecule has 2 rings (SSSR count). The summed E-state index contributed by atoms with van der Waals surface area (Å²) in [4.78, 5) is 11.1. The van der Waals surface area contributed by atoms with E-state index in [1.165, 1.54) is 22.9 Å². The molecule has 0 fully saturated rings. The van der Waals surface area contributed by atoms with Gasteiger partial charge in [-0.05, 0) is 34.1 Å². The van der Waals surface area contributed by atoms with Gasteiger partial charge in [-0.2, -0.15) is 0 Å². The number of alkyl halides is 3. The van der Waals surface area contributed by atoms with Crippen molar-refractivity contribution < 1.29 is 23.0 Å². The molecular weight excluding hydrogens is 343 g/mol. The topological polar surface area (TPSA) is 51.5 Å². The summed E-state index contributed by atoms with van der Waals surface area (Å²) in [7, 11) is 0. The highest BCUT2D eigenvalue weighted by molar-refractivity contribution is 9.10. The first-order valence-corrected chi connectivity index (χ1v) is 6.02. The molecule has 20 heavy (non-hydrogen) atoms. The number of aromatic hydroxyl groups is 1. The molecule has 1 N–H and O–H groups in total. The molecule has 1 aromatic heterocycles. The van der Waals surface area contributed by atoms with Crippen molar-refractivity contribution >= 4 is 15.9 Å². The van der Waals surface area contributed by atoms with E-state index in [2.05, 4.69) is 20.7 Å². The van der Waals surface area contributed by atoms with Crippen molar-refractivity contribution in [2.45, 2.75) is 6.36 Å². The van der Waals surface area contributed by atoms with Crippen molar-refractivity contribution in [1.29, 1.82) is 0 Å². The Morgan fingerprint density at radius 1 is 1.25 bits per heavy atom. The van der Waals surface area contributed by atoms with Crippen LogP contribution in [0.2, 0.25) is 0 Å². The maximum absolute atomic E-state index is 12.1. The number of pyridine rings is 1. The van der Waals surface area contributed by atoms with Crippen molar-refractivity contribution in [3.63, 3.8) is 0 Å². The molecule has 0 unspecified atom stereocenters. The van der Waals surface area contributed by atoms with Crippen molar-refractivity contribution in [1.82, 2.24) is 4.57 Å². The van der Waals surface area contributed by atoms with Gasteiger partial charge in [-0.25, -0.2) is 0 Å². The van der Waals surface area contributed by atoms with Crippen LogP contribution in [0.25, 0.3) is 5.69 Å². The van der Waals surface area contributed by atoms with Crippen LogP contribution in [0.1, 0.15) is 0 Å². The number of benzene rings is 1. The third-order valence-electron chi connectivity index (χ3n) is 2.34. The highest BCUT2D eigenvalue weighted by Crippen LogP contribution is 2.32. The number of rotatable bonds is 2. The van der Waals surface area contributed by atoms with E-state index in [-0.39, 0.29) is 10.2 Å². The maximum atomic E-state index is 12.1. The van der Waals surface area contributed by atoms with E-state index in [9.17, 15) is 23.1 Å². The zero-order valence-corrected chi connectivity index (χ0v) is 11.3. The minimum absolute atomic E-state index is 0.0884. The molecule has 2 aromatic rings. The largest absolute Gasteiger partial charge is 0.573 e. The molecule has 0 bridgehead atoms. The van der Waals surface area contributed by atoms with E-state index in [1.54, 1.807) is 0 Å². The molecule has 0 aliphatic carbocycles. The van der Waals surface area contributed by atoms with Gasteiger partial charge in [0.05, 0.1) is 10.7 Å². The molecule has 0 spiro atoms. The fraction of sp³-hybridized carbons (Fsp3) is 0.0833. The highest BCUT2D eigenvalue weighted by Gasteiger charge is 2.31. The molecule has 0 radical (unpaired) electrons. The van der Waals surface area contributed by atoms with Gasteiger partial charge in [0.15, 0.2) is 5.75 Å². The van der Waals surface area contributed by atoms with Crippen LogP contribution in [0, 0.1) is 0 Å². The van der Waals surface area contributed by atoms with Crippen molar-refractivity contribution in [2.75, 3.05) is 0 Å². The van der Waals surface area contributed by atoms with Crippen LogP contribution in [0.4, 0.5) is 13.2 Å². The Kier molecular flexibility index (Phi) is 3.76. The molecule has 0 aliphatic rings. The van der Waals surface area contributed by atoms with Gasteiger partial charge in [0.25, 0.3) is 0 Å². The fourth-order valence-electron chi connectivity index (χ4n) is 1.49. The average molecular weight is 350 g/mol. The van der Waals surface area contributed by atoms with E-state index in [0.29, 0.717) is 5.69 Å². The van der Waals surface area contributed by atoms with E-state index < -0.39 is 17.5 Å². The Morgan fingerprint density at radius 2 is 1.95 bits per heavy atom. The van der Waals surface area contributed by atoms with Crippen LogP contribution < -0.4 is 10.2 Å². The third kappa shape index (κ3) is 3.32. The maximum Gasteiger partial charge on any atom is 0.573 e. The summed E-state index contributed by atoms with van der Waals surface area (Å²) in [5.74, 6) is -0.842. The Balaban J connectivity index is 2.38. The lowest BCUT2D eigenvalue weighted by atomic mass is 10.3. The van der Waals surface area contributed by atoms with Crippen LogP contribution in [0.3, 0.4) is 0 Å². The molecule has 8 heteroatoms. The molecule has 0 saturated heterocycles. The average Bonchev–Trinajstić information content (AvgIpc) is 2.34. The minimum Gasteiger partial charge on any atom is -0.503 e. The first-order chi connectivity index (χ1) is 9.26. The Morgan fingerprint density at radius 3 is 2.50 bits per heavy atom. The first kappa shape index (κ1) is 14.4. The molecule has 4 nitrogen and oxygen atoms in total. The number of hydrogen-bond acceptors (Lipinski definition) is 3. The fourth-order valence-corrected chi connectivity index (χ4v) is 1.94. The number of aromatic nitrogens is 1. The van der Waals surface area contributed by atoms with Crippen molar-refractivity contribution in [2.24, 2.45) is 0 Å². The van der Waals surface area contributed by atoms with Crippen LogP contribution in [-0.4, -0.2) is 16.0 Å². The van der Waals surface area contributed by atoms with Crippen molar-refractivity contribution in [3.05, 3.63) is 51.4 Å². The summed E-state index contributed by atoms with van der Waals surface area (Å²) in [5.41, 5.74) is -0.0981. The number of nitrogens with zero attached hydrogens (tertiary/aromatic N) is 1. The SMILES string of the molecule is O=c1ccn(-c2ccc(OC(F)(F)F)c(Br)c2)cc1O. The van der Waals surface area contributed by atoms with Gasteiger partial charge >= 0.3 is 6.36 Å². The summed E-state index contributed by atoms with van der Waals surface area (Å²) in [6.07, 6.45) is -2.23. The zero-order chi connectivity index (χ0) is 14.9. The lowest BCUT2D eigenvalue weighted by Gasteiger charge is -2.12. The van der Waals surface area contributed by atoms with Gasteiger partial charge in [0.2, 0.25) is 5.43 Å². The van der Waals surface area contributed by atoms with Gasteiger partial charge in [-0.1, -0.05) is 0 Å². The second-order valence-electron chi connectivity index (χ2n) is 3.76. The second kappa shape index (κ2) is 5.20. The monoisotopic (exact) mass is 349 g/mol. The van der Waals surface area contributed by atoms with Crippen LogP contribution >= 0.6 is 15.9 Å². The van der Waals surface area contributed by atoms with Gasteiger partial charge in [-0.15, -0.1) is 13.2 Å². The van der Waals surface area contributed by atoms with Gasteiger partial charge in [0, 0.05) is 18.0 Å². The molecule has 1 aromatic carbocycles. The van der Waals surface area contributed by atoms with E-state index in [0.717, 1.165) is 18.3 Å². The standard InChI is InChI=1S/C12H7BrF3NO3/c13-8-5-7(1-2-11(8)20-12(14,15)16)17-4-3-9(18)10(19)6-17/h1-6,19H. The zero-order valence-electron chi connectivity index (χ0n) is 9.69.